The van der Waals surface area contributed by atoms with E-state index in [-0.39, 0.29) is 9.37 Å². The summed E-state index contributed by atoms with van der Waals surface area (Å²) >= 11 is 3.05. The Balaban J connectivity index is 2.50. The number of anilines is 1. The Labute approximate surface area is 130 Å². The Morgan fingerprint density at radius 3 is 2.57 bits per heavy atom. The molecule has 0 saturated carbocycles. The van der Waals surface area contributed by atoms with E-state index < -0.39 is 15.8 Å². The highest BCUT2D eigenvalue weighted by Crippen LogP contribution is 2.28. The van der Waals surface area contributed by atoms with Gasteiger partial charge in [0.05, 0.1) is 17.3 Å². The third kappa shape index (κ3) is 3.06. The van der Waals surface area contributed by atoms with Gasteiger partial charge >= 0.3 is 0 Å². The zero-order valence-corrected chi connectivity index (χ0v) is 13.3. The van der Waals surface area contributed by atoms with Gasteiger partial charge in [-0.05, 0) is 52.3 Å². The maximum absolute atomic E-state index is 13.1. The lowest BCUT2D eigenvalue weighted by Crippen LogP contribution is -2.27. The zero-order valence-electron chi connectivity index (χ0n) is 10.9. The van der Waals surface area contributed by atoms with E-state index in [1.54, 1.807) is 18.2 Å². The van der Waals surface area contributed by atoms with Crippen LogP contribution in [-0.2, 0) is 10.0 Å². The van der Waals surface area contributed by atoms with Gasteiger partial charge in [0.1, 0.15) is 10.7 Å². The van der Waals surface area contributed by atoms with E-state index >= 15 is 0 Å². The third-order valence-corrected chi connectivity index (χ3v) is 5.63. The molecule has 0 aliphatic carbocycles. The van der Waals surface area contributed by atoms with Crippen molar-refractivity contribution in [1.29, 1.82) is 5.26 Å². The van der Waals surface area contributed by atoms with Gasteiger partial charge in [-0.1, -0.05) is 6.07 Å². The molecule has 4 nitrogen and oxygen atoms in total. The van der Waals surface area contributed by atoms with E-state index in [1.807, 2.05) is 6.07 Å². The van der Waals surface area contributed by atoms with Gasteiger partial charge in [-0.15, -0.1) is 0 Å². The molecule has 2 aromatic rings. The second-order valence-electron chi connectivity index (χ2n) is 4.21. The van der Waals surface area contributed by atoms with Gasteiger partial charge in [-0.3, -0.25) is 4.31 Å². The molecule has 0 atom stereocenters. The minimum atomic E-state index is -3.85. The predicted octanol–water partition coefficient (Wildman–Crippen LogP) is 3.28. The lowest BCUT2D eigenvalue weighted by Gasteiger charge is -2.20. The van der Waals surface area contributed by atoms with E-state index in [2.05, 4.69) is 15.9 Å². The lowest BCUT2D eigenvalue weighted by atomic mass is 10.2. The van der Waals surface area contributed by atoms with Crippen LogP contribution in [0.3, 0.4) is 0 Å². The minimum absolute atomic E-state index is 0.0474. The molecule has 0 amide bonds. The molecule has 0 fully saturated rings. The van der Waals surface area contributed by atoms with Gasteiger partial charge in [-0.2, -0.15) is 5.26 Å². The molecule has 2 rings (SSSR count). The molecule has 108 valence electrons. The first kappa shape index (κ1) is 15.5. The summed E-state index contributed by atoms with van der Waals surface area (Å²) in [5.41, 5.74) is 0.706. The maximum atomic E-state index is 13.1. The minimum Gasteiger partial charge on any atom is -0.269 e. The topological polar surface area (TPSA) is 61.2 Å². The van der Waals surface area contributed by atoms with E-state index in [0.29, 0.717) is 11.3 Å². The van der Waals surface area contributed by atoms with Crippen molar-refractivity contribution in [3.05, 3.63) is 58.3 Å². The molecular formula is C14H10BrFN2O2S. The molecule has 2 aromatic carbocycles. The van der Waals surface area contributed by atoms with Crippen LogP contribution in [0.2, 0.25) is 0 Å². The number of sulfonamides is 1. The molecule has 0 spiro atoms. The predicted molar refractivity (Wildman–Crippen MR) is 80.8 cm³/mol. The molecule has 0 saturated heterocycles. The number of halogens is 2. The average Bonchev–Trinajstić information content (AvgIpc) is 2.46. The van der Waals surface area contributed by atoms with E-state index in [4.69, 9.17) is 5.26 Å². The van der Waals surface area contributed by atoms with Crippen molar-refractivity contribution in [2.75, 3.05) is 11.4 Å². The fourth-order valence-electron chi connectivity index (χ4n) is 1.74. The SMILES string of the molecule is CN(c1cccc(C#N)c1)S(=O)(=O)c1ccc(F)cc1Br. The standard InChI is InChI=1S/C14H10BrFN2O2S/c1-18(12-4-2-3-10(7-12)9-17)21(19,20)14-6-5-11(16)8-13(14)15/h2-8H,1H3. The van der Waals surface area contributed by atoms with E-state index in [1.165, 1.54) is 19.2 Å². The van der Waals surface area contributed by atoms with Crippen LogP contribution in [0.5, 0.6) is 0 Å². The van der Waals surface area contributed by atoms with Gasteiger partial charge in [-0.25, -0.2) is 12.8 Å². The first-order valence-electron chi connectivity index (χ1n) is 5.80. The number of hydrogen-bond donors (Lipinski definition) is 0. The second kappa shape index (κ2) is 5.84. The first-order chi connectivity index (χ1) is 9.86. The van der Waals surface area contributed by atoms with Crippen LogP contribution >= 0.6 is 15.9 Å². The number of nitrogens with zero attached hydrogens (tertiary/aromatic N) is 2. The summed E-state index contributed by atoms with van der Waals surface area (Å²) in [6.07, 6.45) is 0. The summed E-state index contributed by atoms with van der Waals surface area (Å²) in [5, 5.41) is 8.87. The zero-order chi connectivity index (χ0) is 15.6. The molecule has 0 heterocycles. The lowest BCUT2D eigenvalue weighted by molar-refractivity contribution is 0.592. The average molecular weight is 369 g/mol. The highest BCUT2D eigenvalue weighted by molar-refractivity contribution is 9.10. The van der Waals surface area contributed by atoms with Crippen molar-refractivity contribution < 1.29 is 12.8 Å². The number of nitriles is 1. The van der Waals surface area contributed by atoms with E-state index in [0.717, 1.165) is 16.4 Å². The highest BCUT2D eigenvalue weighted by atomic mass is 79.9. The summed E-state index contributed by atoms with van der Waals surface area (Å²) in [6, 6.07) is 11.5. The Morgan fingerprint density at radius 2 is 1.95 bits per heavy atom. The number of benzene rings is 2. The quantitative estimate of drug-likeness (QED) is 0.834. The Bertz CT molecular complexity index is 831. The molecule has 0 bridgehead atoms. The molecule has 0 aliphatic rings. The number of hydrogen-bond acceptors (Lipinski definition) is 3. The van der Waals surface area contributed by atoms with Gasteiger partial charge in [0.25, 0.3) is 10.0 Å². The van der Waals surface area contributed by atoms with Crippen molar-refractivity contribution in [2.24, 2.45) is 0 Å². The maximum Gasteiger partial charge on any atom is 0.265 e. The van der Waals surface area contributed by atoms with Crippen molar-refractivity contribution in [2.45, 2.75) is 4.90 Å². The van der Waals surface area contributed by atoms with Crippen molar-refractivity contribution in [3.8, 4) is 6.07 Å². The number of rotatable bonds is 3. The fourth-order valence-corrected chi connectivity index (χ4v) is 3.94. The summed E-state index contributed by atoms with van der Waals surface area (Å²) in [6.45, 7) is 0. The molecule has 21 heavy (non-hydrogen) atoms. The van der Waals surface area contributed by atoms with Crippen molar-refractivity contribution in [1.82, 2.24) is 0 Å². The van der Waals surface area contributed by atoms with Crippen LogP contribution in [-0.4, -0.2) is 15.5 Å². The third-order valence-electron chi connectivity index (χ3n) is 2.87. The molecule has 7 heteroatoms. The summed E-state index contributed by atoms with van der Waals surface area (Å²) in [5.74, 6) is -0.532. The van der Waals surface area contributed by atoms with Gasteiger partial charge in [0, 0.05) is 11.5 Å². The summed E-state index contributed by atoms with van der Waals surface area (Å²) in [7, 11) is -2.48. The van der Waals surface area contributed by atoms with Gasteiger partial charge in [0.15, 0.2) is 0 Å². The molecule has 0 unspecified atom stereocenters. The second-order valence-corrected chi connectivity index (χ2v) is 7.00. The molecule has 0 N–H and O–H groups in total. The van der Waals surface area contributed by atoms with Crippen LogP contribution in [0.15, 0.2) is 51.8 Å². The van der Waals surface area contributed by atoms with Crippen LogP contribution in [0.4, 0.5) is 10.1 Å². The van der Waals surface area contributed by atoms with Crippen LogP contribution < -0.4 is 4.31 Å². The van der Waals surface area contributed by atoms with E-state index in [9.17, 15) is 12.8 Å². The van der Waals surface area contributed by atoms with Gasteiger partial charge < -0.3 is 0 Å². The smallest absolute Gasteiger partial charge is 0.265 e. The summed E-state index contributed by atoms with van der Waals surface area (Å²) < 4.78 is 39.4. The Morgan fingerprint density at radius 1 is 1.24 bits per heavy atom. The van der Waals surface area contributed by atoms with Gasteiger partial charge in [0.2, 0.25) is 0 Å². The summed E-state index contributed by atoms with van der Waals surface area (Å²) in [4.78, 5) is -0.0474. The van der Waals surface area contributed by atoms with Crippen molar-refractivity contribution >= 4 is 31.6 Å². The van der Waals surface area contributed by atoms with Crippen molar-refractivity contribution in [3.63, 3.8) is 0 Å². The Kier molecular flexibility index (Phi) is 4.30. The van der Waals surface area contributed by atoms with Crippen LogP contribution in [0.25, 0.3) is 0 Å². The largest absolute Gasteiger partial charge is 0.269 e. The first-order valence-corrected chi connectivity index (χ1v) is 8.03. The highest BCUT2D eigenvalue weighted by Gasteiger charge is 2.24. The Hall–Kier alpha value is -1.91. The molecule has 0 radical (unpaired) electrons. The van der Waals surface area contributed by atoms with Crippen LogP contribution in [0.1, 0.15) is 5.56 Å². The molecule has 0 aromatic heterocycles. The fraction of sp³-hybridized carbons (Fsp3) is 0.0714. The molecular weight excluding hydrogens is 359 g/mol. The monoisotopic (exact) mass is 368 g/mol. The van der Waals surface area contributed by atoms with Crippen LogP contribution in [0, 0.1) is 17.1 Å². The molecule has 0 aliphatic heterocycles. The normalized spacial score (nSPS) is 11.0.